The first-order valence-electron chi connectivity index (χ1n) is 8.36. The Kier molecular flexibility index (Phi) is 3.76. The monoisotopic (exact) mass is 333 g/mol. The van der Waals surface area contributed by atoms with E-state index in [1.54, 1.807) is 4.68 Å². The van der Waals surface area contributed by atoms with Crippen LogP contribution in [-0.4, -0.2) is 15.7 Å². The first-order chi connectivity index (χ1) is 12.2. The number of hydrogen-bond donors (Lipinski definition) is 1. The first kappa shape index (κ1) is 15.4. The van der Waals surface area contributed by atoms with Gasteiger partial charge in [0.1, 0.15) is 12.4 Å². The molecule has 1 aliphatic rings. The Hall–Kier alpha value is -3.08. The first-order valence-corrected chi connectivity index (χ1v) is 8.36. The molecule has 0 radical (unpaired) electrons. The average Bonchev–Trinajstić information content (AvgIpc) is 2.99. The van der Waals surface area contributed by atoms with Crippen LogP contribution in [0, 0.1) is 0 Å². The summed E-state index contributed by atoms with van der Waals surface area (Å²) >= 11 is 0. The number of amides is 1. The molecule has 1 aliphatic heterocycles. The number of aromatic nitrogens is 2. The zero-order valence-electron chi connectivity index (χ0n) is 14.2. The number of para-hydroxylation sites is 2. The van der Waals surface area contributed by atoms with Crippen molar-refractivity contribution in [2.75, 3.05) is 5.32 Å². The lowest BCUT2D eigenvalue weighted by Gasteiger charge is -2.18. The van der Waals surface area contributed by atoms with Gasteiger partial charge in [-0.05, 0) is 30.2 Å². The maximum Gasteiger partial charge on any atom is 0.276 e. The number of nitrogens with one attached hydrogen (secondary N) is 1. The molecule has 2 aromatic carbocycles. The standard InChI is InChI=1S/C20H19N3O2/c1-3-13-8-4-6-10-16(13)21-20(24)18-15-12-25-17-11-7-5-9-14(17)19(15)23(2)22-18/h4-11H,3,12H2,1-2H3,(H,21,24). The van der Waals surface area contributed by atoms with Gasteiger partial charge in [0.2, 0.25) is 0 Å². The quantitative estimate of drug-likeness (QED) is 0.793. The molecule has 0 spiro atoms. The third kappa shape index (κ3) is 2.58. The van der Waals surface area contributed by atoms with Crippen molar-refractivity contribution in [1.82, 2.24) is 9.78 Å². The van der Waals surface area contributed by atoms with Crippen LogP contribution in [0.3, 0.4) is 0 Å². The molecule has 25 heavy (non-hydrogen) atoms. The topological polar surface area (TPSA) is 56.2 Å². The maximum absolute atomic E-state index is 12.8. The fourth-order valence-corrected chi connectivity index (χ4v) is 3.29. The van der Waals surface area contributed by atoms with Crippen LogP contribution in [0.4, 0.5) is 5.69 Å². The number of aryl methyl sites for hydroxylation is 2. The second kappa shape index (κ2) is 6.09. The Morgan fingerprint density at radius 1 is 1.20 bits per heavy atom. The van der Waals surface area contributed by atoms with Gasteiger partial charge in [0.05, 0.1) is 5.69 Å². The van der Waals surface area contributed by atoms with Gasteiger partial charge in [-0.3, -0.25) is 9.48 Å². The highest BCUT2D eigenvalue weighted by atomic mass is 16.5. The fourth-order valence-electron chi connectivity index (χ4n) is 3.29. The third-order valence-corrected chi connectivity index (χ3v) is 4.52. The highest BCUT2D eigenvalue weighted by molar-refractivity contribution is 6.05. The summed E-state index contributed by atoms with van der Waals surface area (Å²) in [6.07, 6.45) is 0.854. The molecule has 0 unspecified atom stereocenters. The molecule has 5 heteroatoms. The lowest BCUT2D eigenvalue weighted by molar-refractivity contribution is 0.101. The van der Waals surface area contributed by atoms with Gasteiger partial charge >= 0.3 is 0 Å². The highest BCUT2D eigenvalue weighted by Gasteiger charge is 2.28. The van der Waals surface area contributed by atoms with E-state index >= 15 is 0 Å². The van der Waals surface area contributed by atoms with Crippen molar-refractivity contribution in [3.63, 3.8) is 0 Å². The molecule has 0 saturated carbocycles. The van der Waals surface area contributed by atoms with Crippen molar-refractivity contribution in [3.8, 4) is 17.0 Å². The van der Waals surface area contributed by atoms with Crippen LogP contribution in [0.25, 0.3) is 11.3 Å². The molecule has 4 rings (SSSR count). The lowest BCUT2D eigenvalue weighted by atomic mass is 10.0. The van der Waals surface area contributed by atoms with Crippen molar-refractivity contribution in [3.05, 3.63) is 65.4 Å². The Morgan fingerprint density at radius 3 is 2.80 bits per heavy atom. The molecule has 1 N–H and O–H groups in total. The van der Waals surface area contributed by atoms with Gasteiger partial charge in [0.15, 0.2) is 5.69 Å². The summed E-state index contributed by atoms with van der Waals surface area (Å²) in [7, 11) is 1.86. The normalized spacial score (nSPS) is 12.1. The number of rotatable bonds is 3. The predicted octanol–water partition coefficient (Wildman–Crippen LogP) is 3.79. The lowest BCUT2D eigenvalue weighted by Crippen LogP contribution is -2.17. The van der Waals surface area contributed by atoms with Crippen molar-refractivity contribution >= 4 is 11.6 Å². The summed E-state index contributed by atoms with van der Waals surface area (Å²) in [5, 5.41) is 7.46. The Balaban J connectivity index is 1.72. The molecule has 126 valence electrons. The summed E-state index contributed by atoms with van der Waals surface area (Å²) in [4.78, 5) is 12.8. The van der Waals surface area contributed by atoms with Crippen molar-refractivity contribution in [1.29, 1.82) is 0 Å². The molecule has 5 nitrogen and oxygen atoms in total. The smallest absolute Gasteiger partial charge is 0.276 e. The van der Waals surface area contributed by atoms with Gasteiger partial charge in [-0.15, -0.1) is 0 Å². The molecule has 0 fully saturated rings. The van der Waals surface area contributed by atoms with Crippen molar-refractivity contribution < 1.29 is 9.53 Å². The van der Waals surface area contributed by atoms with E-state index < -0.39 is 0 Å². The number of carbonyl (C=O) groups excluding carboxylic acids is 1. The van der Waals surface area contributed by atoms with Gasteiger partial charge in [-0.2, -0.15) is 5.10 Å². The van der Waals surface area contributed by atoms with Gasteiger partial charge in [-0.1, -0.05) is 37.3 Å². The number of nitrogens with zero attached hydrogens (tertiary/aromatic N) is 2. The van der Waals surface area contributed by atoms with E-state index in [0.29, 0.717) is 12.3 Å². The van der Waals surface area contributed by atoms with Crippen LogP contribution in [0.15, 0.2) is 48.5 Å². The summed E-state index contributed by atoms with van der Waals surface area (Å²) < 4.78 is 7.58. The molecule has 1 aromatic heterocycles. The van der Waals surface area contributed by atoms with Crippen molar-refractivity contribution in [2.24, 2.45) is 7.05 Å². The molecule has 0 atom stereocenters. The van der Waals surface area contributed by atoms with Crippen LogP contribution < -0.4 is 10.1 Å². The molecule has 3 aromatic rings. The molecule has 2 heterocycles. The van der Waals surface area contributed by atoms with E-state index in [2.05, 4.69) is 17.3 Å². The minimum atomic E-state index is -0.208. The van der Waals surface area contributed by atoms with E-state index in [1.165, 1.54) is 0 Å². The summed E-state index contributed by atoms with van der Waals surface area (Å²) in [5.74, 6) is 0.613. The fraction of sp³-hybridized carbons (Fsp3) is 0.200. The van der Waals surface area contributed by atoms with E-state index in [0.717, 1.165) is 40.2 Å². The minimum Gasteiger partial charge on any atom is -0.488 e. The minimum absolute atomic E-state index is 0.208. The van der Waals surface area contributed by atoms with Crippen LogP contribution >= 0.6 is 0 Å². The summed E-state index contributed by atoms with van der Waals surface area (Å²) in [6.45, 7) is 2.41. The van der Waals surface area contributed by atoms with Crippen LogP contribution in [0.2, 0.25) is 0 Å². The second-order valence-corrected chi connectivity index (χ2v) is 6.05. The SMILES string of the molecule is CCc1ccccc1NC(=O)c1nn(C)c2c1COc1ccccc1-2. The van der Waals surface area contributed by atoms with Crippen LogP contribution in [0.5, 0.6) is 5.75 Å². The molecule has 0 saturated heterocycles. The van der Waals surface area contributed by atoms with E-state index in [4.69, 9.17) is 4.74 Å². The molecular weight excluding hydrogens is 314 g/mol. The second-order valence-electron chi connectivity index (χ2n) is 6.05. The number of ether oxygens (including phenoxy) is 1. The number of anilines is 1. The van der Waals surface area contributed by atoms with E-state index in [9.17, 15) is 4.79 Å². The van der Waals surface area contributed by atoms with E-state index in [1.807, 2.05) is 55.6 Å². The zero-order chi connectivity index (χ0) is 17.4. The average molecular weight is 333 g/mol. The maximum atomic E-state index is 12.8. The predicted molar refractivity (Wildman–Crippen MR) is 96.7 cm³/mol. The summed E-state index contributed by atoms with van der Waals surface area (Å²) in [5.41, 5.74) is 5.07. The molecule has 0 bridgehead atoms. The zero-order valence-corrected chi connectivity index (χ0v) is 14.2. The Morgan fingerprint density at radius 2 is 1.96 bits per heavy atom. The van der Waals surface area contributed by atoms with Gasteiger partial charge in [0, 0.05) is 23.9 Å². The highest BCUT2D eigenvalue weighted by Crippen LogP contribution is 2.38. The molecule has 0 aliphatic carbocycles. The Bertz CT molecular complexity index is 959. The van der Waals surface area contributed by atoms with Crippen molar-refractivity contribution in [2.45, 2.75) is 20.0 Å². The van der Waals surface area contributed by atoms with Gasteiger partial charge in [-0.25, -0.2) is 0 Å². The third-order valence-electron chi connectivity index (χ3n) is 4.52. The molecular formula is C20H19N3O2. The Labute approximate surface area is 146 Å². The largest absolute Gasteiger partial charge is 0.488 e. The number of fused-ring (bicyclic) bond motifs is 3. The van der Waals surface area contributed by atoms with Gasteiger partial charge in [0.25, 0.3) is 5.91 Å². The number of carbonyl (C=O) groups is 1. The van der Waals surface area contributed by atoms with E-state index in [-0.39, 0.29) is 5.91 Å². The van der Waals surface area contributed by atoms with Gasteiger partial charge < -0.3 is 10.1 Å². The summed E-state index contributed by atoms with van der Waals surface area (Å²) in [6, 6.07) is 15.6. The molecule has 1 amide bonds. The van der Waals surface area contributed by atoms with Crippen LogP contribution in [0.1, 0.15) is 28.5 Å². The number of benzene rings is 2. The number of hydrogen-bond acceptors (Lipinski definition) is 3. The van der Waals surface area contributed by atoms with Crippen LogP contribution in [-0.2, 0) is 20.1 Å².